The highest BCUT2D eigenvalue weighted by Gasteiger charge is 2.24. The van der Waals surface area contributed by atoms with Crippen molar-refractivity contribution < 1.29 is 0 Å². The first-order chi connectivity index (χ1) is 10.7. The first-order valence-corrected chi connectivity index (χ1v) is 7.99. The van der Waals surface area contributed by atoms with Crippen LogP contribution < -0.4 is 0 Å². The normalized spacial score (nSPS) is 20.3. The van der Waals surface area contributed by atoms with Crippen LogP contribution in [0.15, 0.2) is 77.9 Å². The fourth-order valence-electron chi connectivity index (χ4n) is 3.72. The van der Waals surface area contributed by atoms with Crippen molar-refractivity contribution in [2.45, 2.75) is 20.3 Å². The number of allylic oxidation sites excluding steroid dienone is 8. The Hall–Kier alpha value is -2.34. The Morgan fingerprint density at radius 3 is 2.77 bits per heavy atom. The molecule has 0 heteroatoms. The molecule has 2 aliphatic carbocycles. The second-order valence-corrected chi connectivity index (χ2v) is 6.40. The molecule has 0 bridgehead atoms. The van der Waals surface area contributed by atoms with Crippen LogP contribution >= 0.6 is 0 Å². The van der Waals surface area contributed by atoms with Gasteiger partial charge in [0.25, 0.3) is 0 Å². The second kappa shape index (κ2) is 5.14. The number of hydrogen-bond donors (Lipinski definition) is 0. The molecule has 1 unspecified atom stereocenters. The molecule has 4 rings (SSSR count). The van der Waals surface area contributed by atoms with E-state index in [0.29, 0.717) is 5.92 Å². The first-order valence-electron chi connectivity index (χ1n) is 7.99. The van der Waals surface area contributed by atoms with Gasteiger partial charge in [-0.2, -0.15) is 0 Å². The summed E-state index contributed by atoms with van der Waals surface area (Å²) in [6.45, 7) is 4.40. The summed E-state index contributed by atoms with van der Waals surface area (Å²) >= 11 is 0. The molecule has 0 heterocycles. The molecule has 108 valence electrons. The predicted octanol–water partition coefficient (Wildman–Crippen LogP) is 5.99. The number of fused-ring (bicyclic) bond motifs is 2. The third-order valence-corrected chi connectivity index (χ3v) is 4.67. The minimum absolute atomic E-state index is 0.499. The van der Waals surface area contributed by atoms with Crippen molar-refractivity contribution in [2.75, 3.05) is 0 Å². The molecule has 2 aromatic carbocycles. The van der Waals surface area contributed by atoms with E-state index in [0.717, 1.165) is 6.42 Å². The zero-order chi connectivity index (χ0) is 15.1. The first kappa shape index (κ1) is 13.3. The van der Waals surface area contributed by atoms with E-state index in [2.05, 4.69) is 80.6 Å². The number of aryl methyl sites for hydroxylation is 1. The molecule has 0 amide bonds. The van der Waals surface area contributed by atoms with Gasteiger partial charge in [-0.1, -0.05) is 72.4 Å². The molecule has 1 atom stereocenters. The van der Waals surface area contributed by atoms with Crippen LogP contribution in [0.5, 0.6) is 0 Å². The minimum Gasteiger partial charge on any atom is -0.0836 e. The molecule has 0 nitrogen and oxygen atoms in total. The monoisotopic (exact) mass is 284 g/mol. The van der Waals surface area contributed by atoms with Crippen LogP contribution in [0.25, 0.3) is 16.3 Å². The lowest BCUT2D eigenvalue weighted by Gasteiger charge is -2.28. The van der Waals surface area contributed by atoms with Crippen molar-refractivity contribution in [3.63, 3.8) is 0 Å². The Morgan fingerprint density at radius 1 is 1.00 bits per heavy atom. The lowest BCUT2D eigenvalue weighted by molar-refractivity contribution is 0.798. The molecule has 2 aromatic rings. The lowest BCUT2D eigenvalue weighted by atomic mass is 9.76. The van der Waals surface area contributed by atoms with Crippen LogP contribution in [0.3, 0.4) is 0 Å². The van der Waals surface area contributed by atoms with Crippen molar-refractivity contribution in [1.29, 1.82) is 0 Å². The largest absolute Gasteiger partial charge is 0.0836 e. The van der Waals surface area contributed by atoms with E-state index in [1.54, 1.807) is 0 Å². The minimum atomic E-state index is 0.499. The highest BCUT2D eigenvalue weighted by molar-refractivity contribution is 5.96. The summed E-state index contributed by atoms with van der Waals surface area (Å²) in [5.74, 6) is 0.499. The van der Waals surface area contributed by atoms with E-state index in [9.17, 15) is 0 Å². The van der Waals surface area contributed by atoms with Gasteiger partial charge in [0.2, 0.25) is 0 Å². The topological polar surface area (TPSA) is 0 Å². The summed E-state index contributed by atoms with van der Waals surface area (Å²) in [5.41, 5.74) is 6.99. The molecule has 0 fully saturated rings. The van der Waals surface area contributed by atoms with Crippen molar-refractivity contribution in [2.24, 2.45) is 5.92 Å². The molecule has 2 aliphatic rings. The van der Waals surface area contributed by atoms with Crippen molar-refractivity contribution in [3.8, 4) is 0 Å². The lowest BCUT2D eigenvalue weighted by Crippen LogP contribution is -2.11. The second-order valence-electron chi connectivity index (χ2n) is 6.40. The summed E-state index contributed by atoms with van der Waals surface area (Å²) in [7, 11) is 0. The zero-order valence-electron chi connectivity index (χ0n) is 13.1. The maximum atomic E-state index is 2.38. The number of benzene rings is 2. The summed E-state index contributed by atoms with van der Waals surface area (Å²) in [5, 5.41) is 2.70. The predicted molar refractivity (Wildman–Crippen MR) is 95.7 cm³/mol. The van der Waals surface area contributed by atoms with Crippen LogP contribution in [0.2, 0.25) is 0 Å². The fourth-order valence-corrected chi connectivity index (χ4v) is 3.72. The summed E-state index contributed by atoms with van der Waals surface area (Å²) in [6.07, 6.45) is 12.5. The van der Waals surface area contributed by atoms with E-state index in [4.69, 9.17) is 0 Å². The van der Waals surface area contributed by atoms with Gasteiger partial charge in [-0.15, -0.1) is 0 Å². The van der Waals surface area contributed by atoms with Gasteiger partial charge in [-0.05, 0) is 53.3 Å². The van der Waals surface area contributed by atoms with Gasteiger partial charge in [0, 0.05) is 5.92 Å². The Bertz CT molecular complexity index is 872. The van der Waals surface area contributed by atoms with Crippen LogP contribution in [-0.2, 0) is 0 Å². The summed E-state index contributed by atoms with van der Waals surface area (Å²) in [4.78, 5) is 0. The average Bonchev–Trinajstić information content (AvgIpc) is 2.53. The van der Waals surface area contributed by atoms with Gasteiger partial charge in [-0.25, -0.2) is 0 Å². The van der Waals surface area contributed by atoms with Gasteiger partial charge in [0.15, 0.2) is 0 Å². The molecular weight excluding hydrogens is 264 g/mol. The van der Waals surface area contributed by atoms with Gasteiger partial charge in [-0.3, -0.25) is 0 Å². The van der Waals surface area contributed by atoms with E-state index in [-0.39, 0.29) is 0 Å². The van der Waals surface area contributed by atoms with Gasteiger partial charge in [0.1, 0.15) is 0 Å². The SMILES string of the molecule is CC1=CC2=CC=CCC2C(c2cc(C)cc3ccccc23)=C1. The van der Waals surface area contributed by atoms with Gasteiger partial charge < -0.3 is 0 Å². The fraction of sp³-hybridized carbons (Fsp3) is 0.182. The summed E-state index contributed by atoms with van der Waals surface area (Å²) < 4.78 is 0. The van der Waals surface area contributed by atoms with Gasteiger partial charge in [0.05, 0.1) is 0 Å². The van der Waals surface area contributed by atoms with E-state index in [1.165, 1.54) is 38.6 Å². The molecule has 0 saturated heterocycles. The summed E-state index contributed by atoms with van der Waals surface area (Å²) in [6, 6.07) is 13.4. The van der Waals surface area contributed by atoms with Crippen molar-refractivity contribution in [3.05, 3.63) is 89.1 Å². The van der Waals surface area contributed by atoms with E-state index in [1.807, 2.05) is 0 Å². The van der Waals surface area contributed by atoms with Crippen molar-refractivity contribution >= 4 is 16.3 Å². The molecular formula is C22H20. The molecule has 0 aromatic heterocycles. The number of hydrogen-bond acceptors (Lipinski definition) is 0. The van der Waals surface area contributed by atoms with E-state index >= 15 is 0 Å². The molecule has 22 heavy (non-hydrogen) atoms. The molecule has 0 N–H and O–H groups in total. The standard InChI is InChI=1S/C22H20/c1-15-11-17-7-3-5-9-19(17)21(13-15)22-14-16(2)12-18-8-4-6-10-20(18)22/h3-9,11-14,20H,10H2,1-2H3. The molecule has 0 saturated carbocycles. The molecule has 0 aliphatic heterocycles. The van der Waals surface area contributed by atoms with Crippen LogP contribution in [-0.4, -0.2) is 0 Å². The molecule has 0 spiro atoms. The third-order valence-electron chi connectivity index (χ3n) is 4.67. The van der Waals surface area contributed by atoms with Crippen molar-refractivity contribution in [1.82, 2.24) is 0 Å². The Kier molecular flexibility index (Phi) is 3.11. The van der Waals surface area contributed by atoms with Gasteiger partial charge >= 0.3 is 0 Å². The number of rotatable bonds is 1. The maximum absolute atomic E-state index is 2.38. The van der Waals surface area contributed by atoms with Crippen LogP contribution in [0, 0.1) is 12.8 Å². The zero-order valence-corrected chi connectivity index (χ0v) is 13.1. The third kappa shape index (κ3) is 2.16. The Labute approximate surface area is 132 Å². The highest BCUT2D eigenvalue weighted by atomic mass is 14.3. The molecule has 0 radical (unpaired) electrons. The Balaban J connectivity index is 1.97. The average molecular weight is 284 g/mol. The van der Waals surface area contributed by atoms with Crippen LogP contribution in [0.1, 0.15) is 24.5 Å². The smallest absolute Gasteiger partial charge is 0.0130 e. The maximum Gasteiger partial charge on any atom is 0.0130 e. The quantitative estimate of drug-likeness (QED) is 0.603. The highest BCUT2D eigenvalue weighted by Crippen LogP contribution is 2.41. The Morgan fingerprint density at radius 2 is 1.86 bits per heavy atom. The van der Waals surface area contributed by atoms with Crippen LogP contribution in [0.4, 0.5) is 0 Å². The van der Waals surface area contributed by atoms with E-state index < -0.39 is 0 Å².